The van der Waals surface area contributed by atoms with Crippen molar-refractivity contribution in [2.75, 3.05) is 16.8 Å². The van der Waals surface area contributed by atoms with Gasteiger partial charge in [0.15, 0.2) is 17.3 Å². The molecule has 0 amide bonds. The summed E-state index contributed by atoms with van der Waals surface area (Å²) < 4.78 is 0. The number of aryl methyl sites for hydroxylation is 1. The van der Waals surface area contributed by atoms with Gasteiger partial charge in [-0.15, -0.1) is 10.2 Å². The normalized spacial score (nSPS) is 16.2. The average Bonchev–Trinajstić information content (AvgIpc) is 3.22. The lowest BCUT2D eigenvalue weighted by Gasteiger charge is -2.26. The largest absolute Gasteiger partial charge is 0.364 e. The number of hydrogen-bond acceptors (Lipinski definition) is 4. The zero-order chi connectivity index (χ0) is 20.4. The quantitative estimate of drug-likeness (QED) is 0.518. The summed E-state index contributed by atoms with van der Waals surface area (Å²) in [5, 5.41) is 15.2. The van der Waals surface area contributed by atoms with E-state index in [1.54, 1.807) is 0 Å². The van der Waals surface area contributed by atoms with E-state index in [0.29, 0.717) is 24.1 Å². The Hall–Kier alpha value is -2.84. The number of nitrogens with zero attached hydrogens (tertiary/aromatic N) is 4. The third-order valence-electron chi connectivity index (χ3n) is 5.69. The van der Waals surface area contributed by atoms with E-state index in [-0.39, 0.29) is 0 Å². The number of fused-ring (bicyclic) bond motifs is 1. The molecule has 1 N–H and O–H groups in total. The molecule has 5 nitrogen and oxygen atoms in total. The fourth-order valence-electron chi connectivity index (χ4n) is 4.01. The van der Waals surface area contributed by atoms with Gasteiger partial charge in [0.2, 0.25) is 0 Å². The SMILES string of the molecule is [C-]#[N+]c1ccc2c(N3CCC[C@H]3CC)nnc(NCc3ccc(C)c(Cl)c3)c2c1. The van der Waals surface area contributed by atoms with Crippen LogP contribution in [0.1, 0.15) is 37.3 Å². The molecule has 3 aromatic rings. The first kappa shape index (κ1) is 19.5. The molecule has 1 atom stereocenters. The highest BCUT2D eigenvalue weighted by atomic mass is 35.5. The van der Waals surface area contributed by atoms with Gasteiger partial charge in [0.05, 0.1) is 6.57 Å². The van der Waals surface area contributed by atoms with E-state index in [2.05, 4.69) is 38.2 Å². The van der Waals surface area contributed by atoms with Gasteiger partial charge in [-0.3, -0.25) is 0 Å². The van der Waals surface area contributed by atoms with E-state index >= 15 is 0 Å². The summed E-state index contributed by atoms with van der Waals surface area (Å²) in [6.07, 6.45) is 3.46. The highest BCUT2D eigenvalue weighted by Gasteiger charge is 2.26. The van der Waals surface area contributed by atoms with Crippen LogP contribution in [0.25, 0.3) is 15.6 Å². The van der Waals surface area contributed by atoms with E-state index in [1.165, 1.54) is 12.8 Å². The lowest BCUT2D eigenvalue weighted by molar-refractivity contribution is 0.639. The van der Waals surface area contributed by atoms with Gasteiger partial charge in [0.25, 0.3) is 0 Å². The number of halogens is 1. The van der Waals surface area contributed by atoms with Gasteiger partial charge in [0.1, 0.15) is 0 Å². The zero-order valence-corrected chi connectivity index (χ0v) is 17.5. The van der Waals surface area contributed by atoms with Crippen LogP contribution in [0.4, 0.5) is 17.3 Å². The minimum atomic E-state index is 0.501. The topological polar surface area (TPSA) is 45.4 Å². The molecule has 0 aliphatic carbocycles. The van der Waals surface area contributed by atoms with Crippen molar-refractivity contribution in [1.29, 1.82) is 0 Å². The van der Waals surface area contributed by atoms with E-state index in [0.717, 1.165) is 45.7 Å². The number of hydrogen-bond donors (Lipinski definition) is 1. The Morgan fingerprint density at radius 3 is 2.83 bits per heavy atom. The Labute approximate surface area is 176 Å². The summed E-state index contributed by atoms with van der Waals surface area (Å²) >= 11 is 6.26. The van der Waals surface area contributed by atoms with Crippen molar-refractivity contribution >= 4 is 39.7 Å². The molecule has 0 saturated carbocycles. The van der Waals surface area contributed by atoms with Gasteiger partial charge in [-0.2, -0.15) is 0 Å². The molecular weight excluding hydrogens is 382 g/mol. The maximum atomic E-state index is 7.40. The van der Waals surface area contributed by atoms with Crippen molar-refractivity contribution in [3.8, 4) is 0 Å². The van der Waals surface area contributed by atoms with Crippen LogP contribution in [0.3, 0.4) is 0 Å². The molecule has 2 aromatic carbocycles. The second-order valence-electron chi connectivity index (χ2n) is 7.55. The monoisotopic (exact) mass is 405 g/mol. The van der Waals surface area contributed by atoms with Crippen LogP contribution in [0.2, 0.25) is 5.02 Å². The Balaban J connectivity index is 1.71. The molecule has 6 heteroatoms. The molecule has 4 rings (SSSR count). The lowest BCUT2D eigenvalue weighted by atomic mass is 10.1. The molecule has 0 bridgehead atoms. The number of nitrogens with one attached hydrogen (secondary N) is 1. The van der Waals surface area contributed by atoms with Crippen molar-refractivity contribution in [3.05, 3.63) is 64.0 Å². The fourth-order valence-corrected chi connectivity index (χ4v) is 4.21. The smallest absolute Gasteiger partial charge is 0.188 e. The van der Waals surface area contributed by atoms with Crippen LogP contribution in [0, 0.1) is 13.5 Å². The van der Waals surface area contributed by atoms with Crippen molar-refractivity contribution in [3.63, 3.8) is 0 Å². The molecular formula is C23H24ClN5. The van der Waals surface area contributed by atoms with Gasteiger partial charge < -0.3 is 10.2 Å². The van der Waals surface area contributed by atoms with Gasteiger partial charge in [0, 0.05) is 34.9 Å². The first-order valence-corrected chi connectivity index (χ1v) is 10.4. The molecule has 1 aliphatic rings. The summed E-state index contributed by atoms with van der Waals surface area (Å²) in [4.78, 5) is 5.97. The third kappa shape index (κ3) is 3.86. The summed E-state index contributed by atoms with van der Waals surface area (Å²) in [5.74, 6) is 1.61. The van der Waals surface area contributed by atoms with Crippen LogP contribution in [-0.2, 0) is 6.54 Å². The molecule has 1 aliphatic heterocycles. The van der Waals surface area contributed by atoms with Crippen LogP contribution < -0.4 is 10.2 Å². The predicted octanol–water partition coefficient (Wildman–Crippen LogP) is 6.13. The summed E-state index contributed by atoms with van der Waals surface area (Å²) in [7, 11) is 0. The van der Waals surface area contributed by atoms with Gasteiger partial charge >= 0.3 is 0 Å². The van der Waals surface area contributed by atoms with Gasteiger partial charge in [-0.05, 0) is 49.4 Å². The second-order valence-corrected chi connectivity index (χ2v) is 7.96. The molecule has 0 radical (unpaired) electrons. The molecule has 0 spiro atoms. The molecule has 2 heterocycles. The Morgan fingerprint density at radius 2 is 2.07 bits per heavy atom. The lowest BCUT2D eigenvalue weighted by Crippen LogP contribution is -2.29. The predicted molar refractivity (Wildman–Crippen MR) is 120 cm³/mol. The number of aromatic nitrogens is 2. The van der Waals surface area contributed by atoms with Crippen LogP contribution in [0.15, 0.2) is 36.4 Å². The molecule has 148 valence electrons. The van der Waals surface area contributed by atoms with E-state index < -0.39 is 0 Å². The minimum absolute atomic E-state index is 0.501. The fraction of sp³-hybridized carbons (Fsp3) is 0.348. The zero-order valence-electron chi connectivity index (χ0n) is 16.7. The molecule has 29 heavy (non-hydrogen) atoms. The van der Waals surface area contributed by atoms with E-state index in [4.69, 9.17) is 18.2 Å². The first-order valence-electron chi connectivity index (χ1n) is 10.0. The van der Waals surface area contributed by atoms with Gasteiger partial charge in [-0.25, -0.2) is 4.85 Å². The molecule has 1 aromatic heterocycles. The van der Waals surface area contributed by atoms with Gasteiger partial charge in [-0.1, -0.05) is 42.8 Å². The number of rotatable bonds is 5. The number of benzene rings is 2. The van der Waals surface area contributed by atoms with Crippen molar-refractivity contribution in [1.82, 2.24) is 10.2 Å². The van der Waals surface area contributed by atoms with E-state index in [1.807, 2.05) is 37.3 Å². The Bertz CT molecular complexity index is 1090. The first-order chi connectivity index (χ1) is 14.1. The highest BCUT2D eigenvalue weighted by Crippen LogP contribution is 2.35. The van der Waals surface area contributed by atoms with Crippen LogP contribution in [-0.4, -0.2) is 22.8 Å². The van der Waals surface area contributed by atoms with Crippen LogP contribution >= 0.6 is 11.6 Å². The third-order valence-corrected chi connectivity index (χ3v) is 6.10. The summed E-state index contributed by atoms with van der Waals surface area (Å²) in [6.45, 7) is 13.2. The molecule has 1 saturated heterocycles. The molecule has 1 fully saturated rings. The maximum absolute atomic E-state index is 7.40. The number of anilines is 2. The van der Waals surface area contributed by atoms with Crippen LogP contribution in [0.5, 0.6) is 0 Å². The maximum Gasteiger partial charge on any atom is 0.188 e. The van der Waals surface area contributed by atoms with Crippen molar-refractivity contribution in [2.45, 2.75) is 45.7 Å². The standard InChI is InChI=1S/C23H24ClN5/c1-4-18-6-5-11-29(18)23-19-10-9-17(25-3)13-20(19)22(27-28-23)26-14-16-8-7-15(2)21(24)12-16/h7-10,12-13,18H,4-6,11,14H2,1-2H3,(H,26,27)/t18-/m1/s1. The Kier molecular flexibility index (Phi) is 5.55. The average molecular weight is 406 g/mol. The van der Waals surface area contributed by atoms with Crippen molar-refractivity contribution in [2.24, 2.45) is 0 Å². The minimum Gasteiger partial charge on any atom is -0.364 e. The summed E-state index contributed by atoms with van der Waals surface area (Å²) in [6, 6.07) is 12.3. The van der Waals surface area contributed by atoms with Crippen molar-refractivity contribution < 1.29 is 0 Å². The van der Waals surface area contributed by atoms with E-state index in [9.17, 15) is 0 Å². The summed E-state index contributed by atoms with van der Waals surface area (Å²) in [5.41, 5.74) is 2.74. The highest BCUT2D eigenvalue weighted by molar-refractivity contribution is 6.31. The molecule has 0 unspecified atom stereocenters. The second kappa shape index (κ2) is 8.26. The Morgan fingerprint density at radius 1 is 1.21 bits per heavy atom.